The standard InChI is InChI=1S/C27H23BrClN3O5/c1-3-36-23-14-17(13-22-26(34)32(27(35)31-22)20-10-6-18(29)7-11-20)12-21(28)25(23)37-15-24(33)30-19-8-4-16(2)5-9-19/h4-14H,3,15H2,1-2H3,(H,30,33)(H,31,35)/b22-13+. The van der Waals surface area contributed by atoms with Crippen LogP contribution in [0.1, 0.15) is 18.1 Å². The smallest absolute Gasteiger partial charge is 0.333 e. The van der Waals surface area contributed by atoms with E-state index in [1.54, 1.807) is 36.4 Å². The number of anilines is 2. The molecular formula is C27H23BrClN3O5. The maximum Gasteiger partial charge on any atom is 0.333 e. The highest BCUT2D eigenvalue weighted by molar-refractivity contribution is 9.10. The second-order valence-electron chi connectivity index (χ2n) is 8.07. The Hall–Kier alpha value is -3.82. The average molecular weight is 585 g/mol. The van der Waals surface area contributed by atoms with Gasteiger partial charge in [0.15, 0.2) is 18.1 Å². The van der Waals surface area contributed by atoms with Crippen molar-refractivity contribution in [3.8, 4) is 11.5 Å². The number of hydrogen-bond acceptors (Lipinski definition) is 5. The Morgan fingerprint density at radius 3 is 2.46 bits per heavy atom. The van der Waals surface area contributed by atoms with Gasteiger partial charge in [-0.3, -0.25) is 9.59 Å². The van der Waals surface area contributed by atoms with Crippen LogP contribution < -0.4 is 25.0 Å². The summed E-state index contributed by atoms with van der Waals surface area (Å²) in [6.45, 7) is 3.89. The van der Waals surface area contributed by atoms with E-state index in [0.717, 1.165) is 10.5 Å². The number of carbonyl (C=O) groups is 3. The first-order valence-electron chi connectivity index (χ1n) is 11.3. The van der Waals surface area contributed by atoms with Gasteiger partial charge in [0, 0.05) is 10.7 Å². The summed E-state index contributed by atoms with van der Waals surface area (Å²) in [5.74, 6) is -0.119. The van der Waals surface area contributed by atoms with Gasteiger partial charge in [0.1, 0.15) is 5.70 Å². The molecule has 0 unspecified atom stereocenters. The molecule has 1 aliphatic rings. The van der Waals surface area contributed by atoms with Crippen molar-refractivity contribution in [1.29, 1.82) is 0 Å². The molecule has 0 atom stereocenters. The third kappa shape index (κ3) is 6.31. The van der Waals surface area contributed by atoms with Gasteiger partial charge in [-0.1, -0.05) is 29.3 Å². The van der Waals surface area contributed by atoms with Gasteiger partial charge >= 0.3 is 6.03 Å². The number of benzene rings is 3. The van der Waals surface area contributed by atoms with Gasteiger partial charge in [-0.2, -0.15) is 0 Å². The molecule has 8 nitrogen and oxygen atoms in total. The molecule has 0 saturated carbocycles. The molecule has 1 heterocycles. The number of halogens is 2. The number of imide groups is 1. The van der Waals surface area contributed by atoms with Gasteiger partial charge in [0.05, 0.1) is 16.8 Å². The van der Waals surface area contributed by atoms with Crippen molar-refractivity contribution in [1.82, 2.24) is 5.32 Å². The Bertz CT molecular complexity index is 1370. The normalized spacial score (nSPS) is 14.1. The molecule has 1 fully saturated rings. The molecule has 4 rings (SSSR count). The van der Waals surface area contributed by atoms with Crippen molar-refractivity contribution >= 4 is 62.8 Å². The molecule has 1 saturated heterocycles. The second-order valence-corrected chi connectivity index (χ2v) is 9.36. The van der Waals surface area contributed by atoms with Crippen LogP contribution in [0.4, 0.5) is 16.2 Å². The minimum Gasteiger partial charge on any atom is -0.490 e. The third-order valence-corrected chi connectivity index (χ3v) is 6.13. The van der Waals surface area contributed by atoms with Gasteiger partial charge in [0.2, 0.25) is 0 Å². The molecule has 1 aliphatic heterocycles. The third-order valence-electron chi connectivity index (χ3n) is 5.29. The van der Waals surface area contributed by atoms with E-state index in [0.29, 0.717) is 44.5 Å². The maximum absolute atomic E-state index is 12.9. The lowest BCUT2D eigenvalue weighted by Crippen LogP contribution is -2.30. The topological polar surface area (TPSA) is 97.0 Å². The largest absolute Gasteiger partial charge is 0.490 e. The first-order chi connectivity index (χ1) is 17.7. The minimum atomic E-state index is -0.567. The second kappa shape index (κ2) is 11.5. The zero-order valence-electron chi connectivity index (χ0n) is 20.0. The molecule has 0 spiro atoms. The Balaban J connectivity index is 1.51. The van der Waals surface area contributed by atoms with Crippen molar-refractivity contribution in [3.05, 3.63) is 87.0 Å². The van der Waals surface area contributed by atoms with Gasteiger partial charge in [-0.05, 0) is 89.9 Å². The van der Waals surface area contributed by atoms with Crippen LogP contribution in [0.5, 0.6) is 11.5 Å². The summed E-state index contributed by atoms with van der Waals surface area (Å²) in [5.41, 5.74) is 2.83. The molecule has 4 amide bonds. The molecule has 37 heavy (non-hydrogen) atoms. The van der Waals surface area contributed by atoms with Crippen molar-refractivity contribution in [3.63, 3.8) is 0 Å². The Kier molecular flexibility index (Phi) is 8.15. The van der Waals surface area contributed by atoms with Crippen LogP contribution in [0.3, 0.4) is 0 Å². The van der Waals surface area contributed by atoms with Crippen molar-refractivity contribution in [2.24, 2.45) is 0 Å². The molecule has 190 valence electrons. The number of nitrogens with zero attached hydrogens (tertiary/aromatic N) is 1. The number of ether oxygens (including phenoxy) is 2. The predicted octanol–water partition coefficient (Wildman–Crippen LogP) is 5.92. The van der Waals surface area contributed by atoms with Crippen molar-refractivity contribution < 1.29 is 23.9 Å². The molecule has 0 bridgehead atoms. The van der Waals surface area contributed by atoms with Gasteiger partial charge in [-0.15, -0.1) is 0 Å². The summed E-state index contributed by atoms with van der Waals surface area (Å²) in [6, 6.07) is 16.6. The summed E-state index contributed by atoms with van der Waals surface area (Å²) >= 11 is 9.38. The van der Waals surface area contributed by atoms with E-state index in [4.69, 9.17) is 21.1 Å². The summed E-state index contributed by atoms with van der Waals surface area (Å²) in [4.78, 5) is 38.9. The molecule has 10 heteroatoms. The quantitative estimate of drug-likeness (QED) is 0.253. The van der Waals surface area contributed by atoms with Crippen LogP contribution in [0, 0.1) is 6.92 Å². The lowest BCUT2D eigenvalue weighted by molar-refractivity contribution is -0.118. The van der Waals surface area contributed by atoms with Gasteiger partial charge in [-0.25, -0.2) is 9.69 Å². The highest BCUT2D eigenvalue weighted by Gasteiger charge is 2.35. The summed E-state index contributed by atoms with van der Waals surface area (Å²) < 4.78 is 12.0. The lowest BCUT2D eigenvalue weighted by Gasteiger charge is -2.15. The summed E-state index contributed by atoms with van der Waals surface area (Å²) in [7, 11) is 0. The highest BCUT2D eigenvalue weighted by atomic mass is 79.9. The first-order valence-corrected chi connectivity index (χ1v) is 12.5. The number of amides is 4. The number of nitrogens with one attached hydrogen (secondary N) is 2. The number of hydrogen-bond donors (Lipinski definition) is 2. The van der Waals surface area contributed by atoms with E-state index in [2.05, 4.69) is 26.6 Å². The molecule has 0 aliphatic carbocycles. The molecule has 0 aromatic heterocycles. The zero-order valence-corrected chi connectivity index (χ0v) is 22.4. The molecule has 3 aromatic rings. The first kappa shape index (κ1) is 26.2. The number of carbonyl (C=O) groups excluding carboxylic acids is 3. The van der Waals surface area contributed by atoms with Crippen molar-refractivity contribution in [2.75, 3.05) is 23.4 Å². The van der Waals surface area contributed by atoms with E-state index in [1.165, 1.54) is 6.08 Å². The molecule has 0 radical (unpaired) electrons. The molecule has 2 N–H and O–H groups in total. The van der Waals surface area contributed by atoms with Crippen molar-refractivity contribution in [2.45, 2.75) is 13.8 Å². The SMILES string of the molecule is CCOc1cc(/C=C2/NC(=O)N(c3ccc(Cl)cc3)C2=O)cc(Br)c1OCC(=O)Nc1ccc(C)cc1. The fourth-order valence-corrected chi connectivity index (χ4v) is 4.27. The highest BCUT2D eigenvalue weighted by Crippen LogP contribution is 2.38. The average Bonchev–Trinajstić information content (AvgIpc) is 3.13. The Morgan fingerprint density at radius 2 is 1.78 bits per heavy atom. The fraction of sp³-hybridized carbons (Fsp3) is 0.148. The molecular weight excluding hydrogens is 562 g/mol. The van der Waals surface area contributed by atoms with Crippen LogP contribution >= 0.6 is 27.5 Å². The van der Waals surface area contributed by atoms with Gasteiger partial charge in [0.25, 0.3) is 11.8 Å². The van der Waals surface area contributed by atoms with E-state index < -0.39 is 11.9 Å². The van der Waals surface area contributed by atoms with E-state index in [-0.39, 0.29) is 18.2 Å². The Labute approximate surface area is 227 Å². The van der Waals surface area contributed by atoms with E-state index >= 15 is 0 Å². The fourth-order valence-electron chi connectivity index (χ4n) is 3.57. The summed E-state index contributed by atoms with van der Waals surface area (Å²) in [6.07, 6.45) is 1.54. The number of aryl methyl sites for hydroxylation is 1. The summed E-state index contributed by atoms with van der Waals surface area (Å²) in [5, 5.41) is 5.87. The van der Waals surface area contributed by atoms with Crippen LogP contribution in [-0.2, 0) is 9.59 Å². The van der Waals surface area contributed by atoms with Crippen LogP contribution in [0.15, 0.2) is 70.8 Å². The predicted molar refractivity (Wildman–Crippen MR) is 146 cm³/mol. The Morgan fingerprint density at radius 1 is 1.08 bits per heavy atom. The van der Waals surface area contributed by atoms with E-state index in [9.17, 15) is 14.4 Å². The van der Waals surface area contributed by atoms with Gasteiger partial charge < -0.3 is 20.1 Å². The monoisotopic (exact) mass is 583 g/mol. The maximum atomic E-state index is 12.9. The molecule has 3 aromatic carbocycles. The van der Waals surface area contributed by atoms with Crippen LogP contribution in [0.2, 0.25) is 5.02 Å². The van der Waals surface area contributed by atoms with E-state index in [1.807, 2.05) is 38.1 Å². The van der Waals surface area contributed by atoms with Crippen LogP contribution in [0.25, 0.3) is 6.08 Å². The minimum absolute atomic E-state index is 0.0976. The number of rotatable bonds is 8. The lowest BCUT2D eigenvalue weighted by atomic mass is 10.1. The zero-order chi connectivity index (χ0) is 26.5. The van der Waals surface area contributed by atoms with Crippen LogP contribution in [-0.4, -0.2) is 31.1 Å². The number of urea groups is 1.